The van der Waals surface area contributed by atoms with Crippen LogP contribution in [0.2, 0.25) is 0 Å². The van der Waals surface area contributed by atoms with E-state index in [1.165, 1.54) is 5.56 Å². The number of nitrogens with one attached hydrogen (secondary N) is 1. The Kier molecular flexibility index (Phi) is 7.57. The van der Waals surface area contributed by atoms with Gasteiger partial charge in [0, 0.05) is 22.4 Å². The Balaban J connectivity index is 1.49. The minimum Gasteiger partial charge on any atom is -0.441 e. The van der Waals surface area contributed by atoms with Crippen LogP contribution in [0, 0.1) is 13.8 Å². The molecule has 1 aromatic heterocycles. The largest absolute Gasteiger partial charge is 0.441 e. The first kappa shape index (κ1) is 22.0. The highest BCUT2D eigenvalue weighted by atomic mass is 32.2. The molecule has 0 saturated carbocycles. The van der Waals surface area contributed by atoms with Gasteiger partial charge >= 0.3 is 0 Å². The van der Waals surface area contributed by atoms with Crippen LogP contribution in [-0.2, 0) is 27.8 Å². The van der Waals surface area contributed by atoms with Gasteiger partial charge in [-0.15, -0.1) is 0 Å². The molecule has 0 saturated heterocycles. The second kappa shape index (κ2) is 10.3. The zero-order valence-electron chi connectivity index (χ0n) is 17.7. The Hall–Kier alpha value is -2.73. The summed E-state index contributed by atoms with van der Waals surface area (Å²) < 4.78 is 18.3. The van der Waals surface area contributed by atoms with E-state index in [4.69, 9.17) is 4.42 Å². The number of hydrogen-bond acceptors (Lipinski definition) is 4. The molecule has 0 fully saturated rings. The summed E-state index contributed by atoms with van der Waals surface area (Å²) in [4.78, 5) is 16.8. The second-order valence-electron chi connectivity index (χ2n) is 7.61. The Labute approximate surface area is 180 Å². The first-order chi connectivity index (χ1) is 14.4. The molecule has 3 aromatic rings. The van der Waals surface area contributed by atoms with Crippen LogP contribution in [0.15, 0.2) is 59.0 Å². The topological polar surface area (TPSA) is 72.2 Å². The van der Waals surface area contributed by atoms with E-state index in [1.807, 2.05) is 63.2 Å². The number of aromatic nitrogens is 1. The van der Waals surface area contributed by atoms with Crippen LogP contribution in [-0.4, -0.2) is 26.9 Å². The highest BCUT2D eigenvalue weighted by Crippen LogP contribution is 2.23. The molecule has 0 unspecified atom stereocenters. The summed E-state index contributed by atoms with van der Waals surface area (Å²) in [5.74, 6) is 1.11. The van der Waals surface area contributed by atoms with Crippen LogP contribution in [0.1, 0.15) is 35.9 Å². The van der Waals surface area contributed by atoms with Gasteiger partial charge in [0.2, 0.25) is 11.8 Å². The second-order valence-corrected chi connectivity index (χ2v) is 9.07. The number of carbonyl (C=O) groups excluding carboxylic acids is 1. The van der Waals surface area contributed by atoms with Crippen LogP contribution < -0.4 is 5.32 Å². The van der Waals surface area contributed by atoms with Crippen LogP contribution in [0.5, 0.6) is 0 Å². The maximum atomic E-state index is 12.5. The third-order valence-corrected chi connectivity index (χ3v) is 6.04. The molecule has 0 aliphatic heterocycles. The maximum Gasteiger partial charge on any atom is 0.232 e. The van der Waals surface area contributed by atoms with E-state index in [-0.39, 0.29) is 23.5 Å². The van der Waals surface area contributed by atoms with E-state index in [1.54, 1.807) is 0 Å². The molecule has 2 atom stereocenters. The van der Waals surface area contributed by atoms with Gasteiger partial charge in [0.1, 0.15) is 11.5 Å². The molecule has 1 heterocycles. The third-order valence-electron chi connectivity index (χ3n) is 4.86. The summed E-state index contributed by atoms with van der Waals surface area (Å²) in [6.45, 7) is 5.79. The summed E-state index contributed by atoms with van der Waals surface area (Å²) in [5.41, 5.74) is 3.88. The van der Waals surface area contributed by atoms with Crippen LogP contribution in [0.3, 0.4) is 0 Å². The van der Waals surface area contributed by atoms with Crippen molar-refractivity contribution in [3.63, 3.8) is 0 Å². The third kappa shape index (κ3) is 6.39. The first-order valence-electron chi connectivity index (χ1n) is 10.1. The predicted octanol–water partition coefficient (Wildman–Crippen LogP) is 4.34. The van der Waals surface area contributed by atoms with Crippen molar-refractivity contribution in [2.45, 2.75) is 45.4 Å². The zero-order chi connectivity index (χ0) is 21.5. The number of oxazole rings is 1. The fourth-order valence-corrected chi connectivity index (χ4v) is 4.28. The number of benzene rings is 2. The van der Waals surface area contributed by atoms with Crippen molar-refractivity contribution in [2.24, 2.45) is 0 Å². The average molecular weight is 425 g/mol. The van der Waals surface area contributed by atoms with E-state index in [2.05, 4.69) is 22.4 Å². The smallest absolute Gasteiger partial charge is 0.232 e. The van der Waals surface area contributed by atoms with Crippen molar-refractivity contribution in [1.29, 1.82) is 0 Å². The molecule has 3 rings (SSSR count). The summed E-state index contributed by atoms with van der Waals surface area (Å²) in [5, 5.41) is 2.94. The van der Waals surface area contributed by atoms with Crippen molar-refractivity contribution in [3.8, 4) is 11.5 Å². The van der Waals surface area contributed by atoms with E-state index >= 15 is 0 Å². The van der Waals surface area contributed by atoms with Crippen molar-refractivity contribution in [2.75, 3.05) is 5.75 Å². The highest BCUT2D eigenvalue weighted by molar-refractivity contribution is 7.84. The van der Waals surface area contributed by atoms with Gasteiger partial charge in [-0.2, -0.15) is 0 Å². The van der Waals surface area contributed by atoms with Crippen molar-refractivity contribution >= 4 is 16.7 Å². The minimum atomic E-state index is -1.35. The van der Waals surface area contributed by atoms with Gasteiger partial charge in [-0.05, 0) is 51.3 Å². The van der Waals surface area contributed by atoms with Gasteiger partial charge in [0.15, 0.2) is 0 Å². The molecule has 0 bridgehead atoms. The molecular formula is C24H28N2O3S. The van der Waals surface area contributed by atoms with Gasteiger partial charge in [-0.3, -0.25) is 9.00 Å². The lowest BCUT2D eigenvalue weighted by atomic mass is 10.1. The first-order valence-corrected chi connectivity index (χ1v) is 11.6. The Morgan fingerprint density at radius 2 is 1.90 bits per heavy atom. The van der Waals surface area contributed by atoms with E-state index in [9.17, 15) is 9.00 Å². The number of amides is 1. The Morgan fingerprint density at radius 3 is 2.63 bits per heavy atom. The van der Waals surface area contributed by atoms with Crippen molar-refractivity contribution in [1.82, 2.24) is 10.3 Å². The summed E-state index contributed by atoms with van der Waals surface area (Å²) in [6.07, 6.45) is 1.73. The lowest BCUT2D eigenvalue weighted by Crippen LogP contribution is -2.36. The zero-order valence-corrected chi connectivity index (χ0v) is 18.5. The van der Waals surface area contributed by atoms with Gasteiger partial charge in [-0.25, -0.2) is 4.98 Å². The van der Waals surface area contributed by atoms with Crippen molar-refractivity contribution in [3.05, 3.63) is 77.2 Å². The van der Waals surface area contributed by atoms with Gasteiger partial charge in [-0.1, -0.05) is 48.0 Å². The molecular weight excluding hydrogens is 396 g/mol. The Morgan fingerprint density at radius 1 is 1.13 bits per heavy atom. The number of aryl methyl sites for hydroxylation is 3. The summed E-state index contributed by atoms with van der Waals surface area (Å²) in [7, 11) is -1.35. The number of carbonyl (C=O) groups is 1. The Bertz CT molecular complexity index is 1010. The predicted molar refractivity (Wildman–Crippen MR) is 120 cm³/mol. The monoisotopic (exact) mass is 424 g/mol. The number of hydrogen-bond donors (Lipinski definition) is 1. The summed E-state index contributed by atoms with van der Waals surface area (Å²) >= 11 is 0. The standard InChI is InChI=1S/C24H28N2O3S/c1-17-8-7-11-21(14-17)24-26-22(19(3)29-24)15-30(28)16-23(27)25-18(2)12-13-20-9-5-4-6-10-20/h4-11,14,18H,12-13,15-16H2,1-3H3,(H,25,27)/t18-,30+/m1/s1. The van der Waals surface area contributed by atoms with Crippen LogP contribution in [0.25, 0.3) is 11.5 Å². The molecule has 30 heavy (non-hydrogen) atoms. The molecule has 0 spiro atoms. The summed E-state index contributed by atoms with van der Waals surface area (Å²) in [6, 6.07) is 18.1. The molecule has 5 nitrogen and oxygen atoms in total. The molecule has 2 aromatic carbocycles. The van der Waals surface area contributed by atoms with E-state index in [0.717, 1.165) is 24.0 Å². The fourth-order valence-electron chi connectivity index (χ4n) is 3.23. The lowest BCUT2D eigenvalue weighted by molar-refractivity contribution is -0.119. The van der Waals surface area contributed by atoms with Crippen molar-refractivity contribution < 1.29 is 13.4 Å². The quantitative estimate of drug-likeness (QED) is 0.554. The number of nitrogens with zero attached hydrogens (tertiary/aromatic N) is 1. The molecule has 1 N–H and O–H groups in total. The van der Waals surface area contributed by atoms with E-state index in [0.29, 0.717) is 17.3 Å². The molecule has 0 aliphatic carbocycles. The normalized spacial score (nSPS) is 13.0. The molecule has 0 aliphatic rings. The van der Waals surface area contributed by atoms with Gasteiger partial charge in [0.05, 0.1) is 11.4 Å². The fraction of sp³-hybridized carbons (Fsp3) is 0.333. The number of rotatable bonds is 9. The van der Waals surface area contributed by atoms with Crippen LogP contribution >= 0.6 is 0 Å². The maximum absolute atomic E-state index is 12.5. The van der Waals surface area contributed by atoms with Gasteiger partial charge in [0.25, 0.3) is 0 Å². The average Bonchev–Trinajstić information content (AvgIpc) is 3.07. The lowest BCUT2D eigenvalue weighted by Gasteiger charge is -2.13. The van der Waals surface area contributed by atoms with Gasteiger partial charge < -0.3 is 9.73 Å². The molecule has 6 heteroatoms. The highest BCUT2D eigenvalue weighted by Gasteiger charge is 2.17. The van der Waals surface area contributed by atoms with E-state index < -0.39 is 10.8 Å². The SMILES string of the molecule is Cc1cccc(-c2nc(C[S@](=O)CC(=O)N[C@H](C)CCc3ccccc3)c(C)o2)c1. The molecule has 158 valence electrons. The van der Waals surface area contributed by atoms with Crippen LogP contribution in [0.4, 0.5) is 0 Å². The molecule has 0 radical (unpaired) electrons. The minimum absolute atomic E-state index is 0.0245. The molecule has 1 amide bonds.